The average molecular weight is 361 g/mol. The molecular weight excluding hydrogens is 330 g/mol. The van der Waals surface area contributed by atoms with Gasteiger partial charge in [0.05, 0.1) is 7.11 Å². The number of likely N-dealkylation sites (tertiary alicyclic amines) is 1. The highest BCUT2D eigenvalue weighted by molar-refractivity contribution is 5.77. The van der Waals surface area contributed by atoms with Crippen molar-refractivity contribution in [3.63, 3.8) is 0 Å². The van der Waals surface area contributed by atoms with E-state index in [1.807, 2.05) is 39.0 Å². The van der Waals surface area contributed by atoms with Gasteiger partial charge in [0.25, 0.3) is 0 Å². The number of carbonyl (C=O) groups is 2. The Morgan fingerprint density at radius 3 is 2.46 bits per heavy atom. The van der Waals surface area contributed by atoms with E-state index in [4.69, 9.17) is 9.47 Å². The fraction of sp³-hybridized carbons (Fsp3) is 0.619. The normalized spacial score (nSPS) is 22.5. The molecule has 5 heteroatoms. The highest BCUT2D eigenvalue weighted by Crippen LogP contribution is 2.33. The fourth-order valence-corrected chi connectivity index (χ4v) is 3.55. The van der Waals surface area contributed by atoms with E-state index in [0.717, 1.165) is 13.0 Å². The summed E-state index contributed by atoms with van der Waals surface area (Å²) >= 11 is 0. The molecule has 0 saturated carbocycles. The zero-order valence-corrected chi connectivity index (χ0v) is 16.5. The Hall–Kier alpha value is -1.88. The van der Waals surface area contributed by atoms with E-state index in [0.29, 0.717) is 12.8 Å². The number of esters is 2. The van der Waals surface area contributed by atoms with Crippen LogP contribution in [0.25, 0.3) is 0 Å². The third-order valence-corrected chi connectivity index (χ3v) is 4.89. The molecule has 1 aliphatic heterocycles. The largest absolute Gasteiger partial charge is 0.469 e. The molecule has 1 aromatic rings. The van der Waals surface area contributed by atoms with Crippen molar-refractivity contribution in [2.45, 2.75) is 64.6 Å². The third-order valence-electron chi connectivity index (χ3n) is 4.89. The van der Waals surface area contributed by atoms with Crippen molar-refractivity contribution in [2.75, 3.05) is 13.7 Å². The van der Waals surface area contributed by atoms with Gasteiger partial charge in [0.15, 0.2) is 0 Å². The molecule has 26 heavy (non-hydrogen) atoms. The second-order valence-electron chi connectivity index (χ2n) is 8.04. The van der Waals surface area contributed by atoms with Crippen molar-refractivity contribution in [1.82, 2.24) is 4.90 Å². The fourth-order valence-electron chi connectivity index (χ4n) is 3.55. The standard InChI is InChI=1S/C21H31NO4/c1-15(17-9-7-6-8-10-17)22-12-11-16(14-19(23)25-5)13-18(22)20(24)26-21(2,3)4/h6-10,15-16,18H,11-14H2,1-5H3/t15-,16-,18+/m0/s1. The van der Waals surface area contributed by atoms with Crippen LogP contribution in [-0.4, -0.2) is 42.1 Å². The molecule has 0 aromatic heterocycles. The summed E-state index contributed by atoms with van der Waals surface area (Å²) in [7, 11) is 1.40. The number of rotatable bonds is 5. The smallest absolute Gasteiger partial charge is 0.323 e. The lowest BCUT2D eigenvalue weighted by Gasteiger charge is -2.42. The number of benzene rings is 1. The number of nitrogens with zero attached hydrogens (tertiary/aromatic N) is 1. The van der Waals surface area contributed by atoms with Crippen LogP contribution in [-0.2, 0) is 19.1 Å². The summed E-state index contributed by atoms with van der Waals surface area (Å²) in [5.41, 5.74) is 0.640. The Labute approximate surface area is 156 Å². The Bertz CT molecular complexity index is 608. The minimum Gasteiger partial charge on any atom is -0.469 e. The van der Waals surface area contributed by atoms with E-state index >= 15 is 0 Å². The molecule has 0 radical (unpaired) electrons. The lowest BCUT2D eigenvalue weighted by molar-refractivity contribution is -0.165. The monoisotopic (exact) mass is 361 g/mol. The van der Waals surface area contributed by atoms with Gasteiger partial charge in [0.1, 0.15) is 11.6 Å². The maximum Gasteiger partial charge on any atom is 0.323 e. The zero-order chi connectivity index (χ0) is 19.3. The van der Waals surface area contributed by atoms with Gasteiger partial charge in [-0.05, 0) is 58.6 Å². The lowest BCUT2D eigenvalue weighted by Crippen LogP contribution is -2.50. The third kappa shape index (κ3) is 5.56. The molecule has 2 rings (SSSR count). The molecule has 0 bridgehead atoms. The maximum absolute atomic E-state index is 12.9. The summed E-state index contributed by atoms with van der Waals surface area (Å²) in [4.78, 5) is 26.8. The van der Waals surface area contributed by atoms with Gasteiger partial charge in [0.2, 0.25) is 0 Å². The van der Waals surface area contributed by atoms with Crippen LogP contribution in [0.1, 0.15) is 58.6 Å². The first kappa shape index (κ1) is 20.4. The summed E-state index contributed by atoms with van der Waals surface area (Å²) < 4.78 is 10.5. The van der Waals surface area contributed by atoms with E-state index in [-0.39, 0.29) is 29.9 Å². The number of hydrogen-bond acceptors (Lipinski definition) is 5. The molecule has 1 saturated heterocycles. The van der Waals surface area contributed by atoms with Crippen LogP contribution in [0.5, 0.6) is 0 Å². The highest BCUT2D eigenvalue weighted by atomic mass is 16.6. The molecule has 0 unspecified atom stereocenters. The number of ether oxygens (including phenoxy) is 2. The first-order valence-electron chi connectivity index (χ1n) is 9.31. The van der Waals surface area contributed by atoms with E-state index < -0.39 is 5.60 Å². The van der Waals surface area contributed by atoms with Gasteiger partial charge < -0.3 is 9.47 Å². The van der Waals surface area contributed by atoms with Crippen molar-refractivity contribution in [3.8, 4) is 0 Å². The molecule has 1 aromatic carbocycles. The molecule has 5 nitrogen and oxygen atoms in total. The summed E-state index contributed by atoms with van der Waals surface area (Å²) in [5, 5.41) is 0. The molecule has 0 aliphatic carbocycles. The predicted molar refractivity (Wildman–Crippen MR) is 101 cm³/mol. The lowest BCUT2D eigenvalue weighted by atomic mass is 9.86. The first-order valence-corrected chi connectivity index (χ1v) is 9.31. The van der Waals surface area contributed by atoms with Crippen molar-refractivity contribution in [2.24, 2.45) is 5.92 Å². The number of methoxy groups -OCH3 is 1. The summed E-state index contributed by atoms with van der Waals surface area (Å²) in [5.74, 6) is -0.295. The maximum atomic E-state index is 12.9. The quantitative estimate of drug-likeness (QED) is 0.748. The van der Waals surface area contributed by atoms with Crippen LogP contribution in [0.3, 0.4) is 0 Å². The van der Waals surface area contributed by atoms with Crippen LogP contribution >= 0.6 is 0 Å². The van der Waals surface area contributed by atoms with Gasteiger partial charge in [-0.1, -0.05) is 30.3 Å². The van der Waals surface area contributed by atoms with Crippen LogP contribution in [0, 0.1) is 5.92 Å². The van der Waals surface area contributed by atoms with E-state index in [1.54, 1.807) is 0 Å². The molecule has 144 valence electrons. The Morgan fingerprint density at radius 1 is 1.23 bits per heavy atom. The topological polar surface area (TPSA) is 55.8 Å². The van der Waals surface area contributed by atoms with Gasteiger partial charge in [-0.2, -0.15) is 0 Å². The average Bonchev–Trinajstić information content (AvgIpc) is 2.60. The summed E-state index contributed by atoms with van der Waals surface area (Å²) in [6.45, 7) is 8.51. The van der Waals surface area contributed by atoms with Crippen LogP contribution in [0.15, 0.2) is 30.3 Å². The molecule has 1 aliphatic rings. The number of piperidine rings is 1. The molecule has 3 atom stereocenters. The molecule has 1 fully saturated rings. The predicted octanol–water partition coefficient (Wildman–Crippen LogP) is 3.73. The van der Waals surface area contributed by atoms with Crippen LogP contribution in [0.4, 0.5) is 0 Å². The number of hydrogen-bond donors (Lipinski definition) is 0. The van der Waals surface area contributed by atoms with Crippen molar-refractivity contribution in [1.29, 1.82) is 0 Å². The van der Waals surface area contributed by atoms with Crippen molar-refractivity contribution in [3.05, 3.63) is 35.9 Å². The second-order valence-corrected chi connectivity index (χ2v) is 8.04. The van der Waals surface area contributed by atoms with Gasteiger partial charge in [0, 0.05) is 12.5 Å². The molecule has 0 amide bonds. The van der Waals surface area contributed by atoms with E-state index in [1.165, 1.54) is 12.7 Å². The van der Waals surface area contributed by atoms with E-state index in [9.17, 15) is 9.59 Å². The Kier molecular flexibility index (Phi) is 6.81. The van der Waals surface area contributed by atoms with Crippen LogP contribution in [0.2, 0.25) is 0 Å². The van der Waals surface area contributed by atoms with E-state index in [2.05, 4.69) is 24.0 Å². The Balaban J connectivity index is 2.19. The highest BCUT2D eigenvalue weighted by Gasteiger charge is 2.39. The second kappa shape index (κ2) is 8.67. The SMILES string of the molecule is COC(=O)C[C@H]1CCN([C@@H](C)c2ccccc2)[C@@H](C(=O)OC(C)(C)C)C1. The summed E-state index contributed by atoms with van der Waals surface area (Å²) in [6.07, 6.45) is 1.83. The first-order chi connectivity index (χ1) is 12.2. The minimum absolute atomic E-state index is 0.104. The minimum atomic E-state index is -0.534. The Morgan fingerprint density at radius 2 is 1.88 bits per heavy atom. The van der Waals surface area contributed by atoms with Gasteiger partial charge in [-0.3, -0.25) is 14.5 Å². The molecule has 0 spiro atoms. The summed E-state index contributed by atoms with van der Waals surface area (Å²) in [6, 6.07) is 9.93. The van der Waals surface area contributed by atoms with Gasteiger partial charge in [-0.25, -0.2) is 0 Å². The van der Waals surface area contributed by atoms with Crippen molar-refractivity contribution >= 4 is 11.9 Å². The molecular formula is C21H31NO4. The van der Waals surface area contributed by atoms with Crippen molar-refractivity contribution < 1.29 is 19.1 Å². The van der Waals surface area contributed by atoms with Gasteiger partial charge >= 0.3 is 11.9 Å². The van der Waals surface area contributed by atoms with Gasteiger partial charge in [-0.15, -0.1) is 0 Å². The number of carbonyl (C=O) groups excluding carboxylic acids is 2. The molecule has 1 heterocycles. The molecule has 0 N–H and O–H groups in total. The zero-order valence-electron chi connectivity index (χ0n) is 16.5. The van der Waals surface area contributed by atoms with Crippen LogP contribution < -0.4 is 0 Å².